The van der Waals surface area contributed by atoms with Crippen molar-refractivity contribution in [3.8, 4) is 0 Å². The zero-order valence-electron chi connectivity index (χ0n) is 9.89. The summed E-state index contributed by atoms with van der Waals surface area (Å²) in [6, 6.07) is 1.49. The lowest BCUT2D eigenvalue weighted by molar-refractivity contribution is -0.141. The molecule has 94 valence electrons. The molecule has 2 atom stereocenters. The average Bonchev–Trinajstić information content (AvgIpc) is 2.75. The van der Waals surface area contributed by atoms with Crippen LogP contribution in [0.25, 0.3) is 0 Å². The van der Waals surface area contributed by atoms with Gasteiger partial charge >= 0.3 is 5.97 Å². The summed E-state index contributed by atoms with van der Waals surface area (Å²) in [6.45, 7) is 3.28. The van der Waals surface area contributed by atoms with Crippen molar-refractivity contribution in [2.24, 2.45) is 5.92 Å². The first kappa shape index (κ1) is 14.1. The van der Waals surface area contributed by atoms with Crippen molar-refractivity contribution in [3.05, 3.63) is 16.3 Å². The Hall–Kier alpha value is -1.01. The summed E-state index contributed by atoms with van der Waals surface area (Å²) in [6.07, 6.45) is 1.90. The number of hydrogen-bond acceptors (Lipinski definition) is 4. The molecule has 0 radical (unpaired) electrons. The summed E-state index contributed by atoms with van der Waals surface area (Å²) >= 11 is 2.87. The topological polar surface area (TPSA) is 66.4 Å². The van der Waals surface area contributed by atoms with Gasteiger partial charge in [0.2, 0.25) is 0 Å². The minimum absolute atomic E-state index is 0.204. The van der Waals surface area contributed by atoms with Gasteiger partial charge in [0, 0.05) is 10.9 Å². The van der Waals surface area contributed by atoms with Crippen molar-refractivity contribution >= 4 is 35.0 Å². The standard InChI is InChI=1S/C11H15NO3S2/c1-6(11(14)15)7(2)12-10(13)9-8(16-3)4-5-17-9/h4-7H,1-3H3,(H,12,13)(H,14,15). The summed E-state index contributed by atoms with van der Waals surface area (Å²) < 4.78 is 0. The van der Waals surface area contributed by atoms with E-state index in [0.29, 0.717) is 4.88 Å². The second-order valence-corrected chi connectivity index (χ2v) is 5.47. The van der Waals surface area contributed by atoms with Crippen molar-refractivity contribution in [1.29, 1.82) is 0 Å². The molecule has 1 amide bonds. The molecular weight excluding hydrogens is 258 g/mol. The van der Waals surface area contributed by atoms with Crippen molar-refractivity contribution < 1.29 is 14.7 Å². The molecule has 0 fully saturated rings. The number of carboxylic acid groups (broad SMARTS) is 1. The van der Waals surface area contributed by atoms with Crippen molar-refractivity contribution in [3.63, 3.8) is 0 Å². The number of thioether (sulfide) groups is 1. The SMILES string of the molecule is CSc1ccsc1C(=O)NC(C)C(C)C(=O)O. The van der Waals surface area contributed by atoms with Gasteiger partial charge < -0.3 is 10.4 Å². The first-order chi connectivity index (χ1) is 7.97. The molecule has 0 spiro atoms. The Balaban J connectivity index is 2.70. The number of aliphatic carboxylic acids is 1. The first-order valence-electron chi connectivity index (χ1n) is 5.12. The van der Waals surface area contributed by atoms with Gasteiger partial charge in [-0.1, -0.05) is 0 Å². The molecule has 4 nitrogen and oxygen atoms in total. The molecule has 0 aromatic carbocycles. The van der Waals surface area contributed by atoms with Crippen molar-refractivity contribution in [2.75, 3.05) is 6.26 Å². The Morgan fingerprint density at radius 3 is 2.65 bits per heavy atom. The number of thiophene rings is 1. The second kappa shape index (κ2) is 6.07. The van der Waals surface area contributed by atoms with E-state index in [4.69, 9.17) is 5.11 Å². The normalized spacial score (nSPS) is 14.1. The number of carboxylic acids is 1. The molecule has 1 heterocycles. The molecule has 0 saturated carbocycles. The summed E-state index contributed by atoms with van der Waals surface area (Å²) in [4.78, 5) is 24.3. The highest BCUT2D eigenvalue weighted by molar-refractivity contribution is 7.98. The van der Waals surface area contributed by atoms with Gasteiger partial charge in [0.1, 0.15) is 4.88 Å². The monoisotopic (exact) mass is 273 g/mol. The van der Waals surface area contributed by atoms with Gasteiger partial charge in [-0.15, -0.1) is 23.1 Å². The maximum atomic E-state index is 11.9. The zero-order chi connectivity index (χ0) is 13.0. The summed E-state index contributed by atoms with van der Waals surface area (Å²) in [5.74, 6) is -1.71. The van der Waals surface area contributed by atoms with Crippen LogP contribution in [0.15, 0.2) is 16.3 Å². The van der Waals surface area contributed by atoms with Crippen LogP contribution < -0.4 is 5.32 Å². The molecule has 0 saturated heterocycles. The summed E-state index contributed by atoms with van der Waals surface area (Å²) in [5.41, 5.74) is 0. The summed E-state index contributed by atoms with van der Waals surface area (Å²) in [5, 5.41) is 13.4. The van der Waals surface area contributed by atoms with Gasteiger partial charge in [-0.05, 0) is 31.5 Å². The van der Waals surface area contributed by atoms with E-state index in [1.807, 2.05) is 17.7 Å². The first-order valence-corrected chi connectivity index (χ1v) is 7.23. The molecule has 2 unspecified atom stereocenters. The Morgan fingerprint density at radius 1 is 1.47 bits per heavy atom. The molecule has 0 bridgehead atoms. The van der Waals surface area contributed by atoms with Crippen LogP contribution in [0.4, 0.5) is 0 Å². The number of amides is 1. The third-order valence-electron chi connectivity index (χ3n) is 2.55. The van der Waals surface area contributed by atoms with Crippen LogP contribution in [0.1, 0.15) is 23.5 Å². The maximum absolute atomic E-state index is 11.9. The predicted molar refractivity (Wildman–Crippen MR) is 69.8 cm³/mol. The third-order valence-corrected chi connectivity index (χ3v) is 4.38. The quantitative estimate of drug-likeness (QED) is 0.808. The largest absolute Gasteiger partial charge is 0.481 e. The van der Waals surface area contributed by atoms with Crippen LogP contribution in [0.3, 0.4) is 0 Å². The molecule has 17 heavy (non-hydrogen) atoms. The van der Waals surface area contributed by atoms with E-state index >= 15 is 0 Å². The molecule has 1 rings (SSSR count). The number of carbonyl (C=O) groups is 2. The highest BCUT2D eigenvalue weighted by Crippen LogP contribution is 2.25. The Labute approximate surface area is 108 Å². The number of nitrogens with one attached hydrogen (secondary N) is 1. The fourth-order valence-electron chi connectivity index (χ4n) is 1.23. The lowest BCUT2D eigenvalue weighted by Gasteiger charge is -2.17. The van der Waals surface area contributed by atoms with E-state index in [2.05, 4.69) is 5.32 Å². The smallest absolute Gasteiger partial charge is 0.308 e. The molecule has 2 N–H and O–H groups in total. The molecule has 1 aromatic rings. The van der Waals surface area contributed by atoms with Gasteiger partial charge in [0.05, 0.1) is 5.92 Å². The van der Waals surface area contributed by atoms with Gasteiger partial charge in [0.15, 0.2) is 0 Å². The van der Waals surface area contributed by atoms with Crippen LogP contribution in [0.2, 0.25) is 0 Å². The Kier molecular flexibility index (Phi) is 5.02. The number of rotatable bonds is 5. The summed E-state index contributed by atoms with van der Waals surface area (Å²) in [7, 11) is 0. The van der Waals surface area contributed by atoms with Gasteiger partial charge in [-0.25, -0.2) is 0 Å². The van der Waals surface area contributed by atoms with Crippen LogP contribution in [0, 0.1) is 5.92 Å². The molecule has 0 aliphatic rings. The van der Waals surface area contributed by atoms with E-state index in [9.17, 15) is 9.59 Å². The van der Waals surface area contributed by atoms with E-state index < -0.39 is 17.9 Å². The number of carbonyl (C=O) groups excluding carboxylic acids is 1. The average molecular weight is 273 g/mol. The second-order valence-electron chi connectivity index (χ2n) is 3.71. The van der Waals surface area contributed by atoms with E-state index in [1.54, 1.807) is 13.8 Å². The highest BCUT2D eigenvalue weighted by atomic mass is 32.2. The molecular formula is C11H15NO3S2. The van der Waals surface area contributed by atoms with E-state index in [-0.39, 0.29) is 5.91 Å². The van der Waals surface area contributed by atoms with Crippen molar-refractivity contribution in [1.82, 2.24) is 5.32 Å². The zero-order valence-corrected chi connectivity index (χ0v) is 11.5. The van der Waals surface area contributed by atoms with Crippen LogP contribution >= 0.6 is 23.1 Å². The van der Waals surface area contributed by atoms with Gasteiger partial charge in [0.25, 0.3) is 5.91 Å². The molecule has 0 aliphatic heterocycles. The molecule has 6 heteroatoms. The Morgan fingerprint density at radius 2 is 2.12 bits per heavy atom. The highest BCUT2D eigenvalue weighted by Gasteiger charge is 2.22. The fourth-order valence-corrected chi connectivity index (χ4v) is 2.89. The van der Waals surface area contributed by atoms with Crippen LogP contribution in [-0.4, -0.2) is 29.3 Å². The molecule has 0 aliphatic carbocycles. The minimum atomic E-state index is -0.908. The predicted octanol–water partition coefficient (Wildman–Crippen LogP) is 2.31. The van der Waals surface area contributed by atoms with E-state index in [1.165, 1.54) is 23.1 Å². The fraction of sp³-hybridized carbons (Fsp3) is 0.455. The molecule has 1 aromatic heterocycles. The van der Waals surface area contributed by atoms with E-state index in [0.717, 1.165) is 4.90 Å². The minimum Gasteiger partial charge on any atom is -0.481 e. The lowest BCUT2D eigenvalue weighted by Crippen LogP contribution is -2.39. The van der Waals surface area contributed by atoms with Crippen LogP contribution in [0.5, 0.6) is 0 Å². The van der Waals surface area contributed by atoms with Gasteiger partial charge in [-0.2, -0.15) is 0 Å². The number of hydrogen-bond donors (Lipinski definition) is 2. The third kappa shape index (κ3) is 3.47. The van der Waals surface area contributed by atoms with Crippen molar-refractivity contribution in [2.45, 2.75) is 24.8 Å². The van der Waals surface area contributed by atoms with Gasteiger partial charge in [-0.3, -0.25) is 9.59 Å². The Bertz CT molecular complexity index is 417. The lowest BCUT2D eigenvalue weighted by atomic mass is 10.0. The van der Waals surface area contributed by atoms with Crippen LogP contribution in [-0.2, 0) is 4.79 Å². The maximum Gasteiger partial charge on any atom is 0.308 e.